The molecule has 0 spiro atoms. The second-order valence-corrected chi connectivity index (χ2v) is 6.80. The summed E-state index contributed by atoms with van der Waals surface area (Å²) in [6.07, 6.45) is 0. The summed E-state index contributed by atoms with van der Waals surface area (Å²) in [7, 11) is 0. The van der Waals surface area contributed by atoms with Gasteiger partial charge >= 0.3 is 0 Å². The second-order valence-electron chi connectivity index (χ2n) is 6.36. The summed E-state index contributed by atoms with van der Waals surface area (Å²) < 4.78 is 13.6. The maximum Gasteiger partial charge on any atom is 0.124 e. The van der Waals surface area contributed by atoms with Crippen molar-refractivity contribution in [3.63, 3.8) is 0 Å². The molecule has 4 rings (SSSR count). The van der Waals surface area contributed by atoms with Gasteiger partial charge in [0, 0.05) is 18.1 Å². The number of hydrogen-bond acceptors (Lipinski definition) is 4. The quantitative estimate of drug-likeness (QED) is 0.663. The Hall–Kier alpha value is -2.08. The number of benzene rings is 2. The van der Waals surface area contributed by atoms with E-state index in [9.17, 15) is 0 Å². The summed E-state index contributed by atoms with van der Waals surface area (Å²) in [5.41, 5.74) is 2.18. The lowest BCUT2D eigenvalue weighted by molar-refractivity contribution is 0.0326. The van der Waals surface area contributed by atoms with Crippen molar-refractivity contribution < 1.29 is 9.47 Å². The first-order valence-corrected chi connectivity index (χ1v) is 9.30. The molecule has 3 aromatic rings. The average molecular weight is 372 g/mol. The minimum atomic E-state index is 0.581. The molecule has 0 amide bonds. The van der Waals surface area contributed by atoms with E-state index in [4.69, 9.17) is 26.1 Å². The van der Waals surface area contributed by atoms with E-state index in [1.807, 2.05) is 30.3 Å². The van der Waals surface area contributed by atoms with Gasteiger partial charge in [0.1, 0.15) is 18.2 Å². The zero-order valence-electron chi connectivity index (χ0n) is 14.6. The lowest BCUT2D eigenvalue weighted by Gasteiger charge is -2.26. The van der Waals surface area contributed by atoms with Gasteiger partial charge in [-0.25, -0.2) is 4.98 Å². The number of para-hydroxylation sites is 2. The third-order valence-corrected chi connectivity index (χ3v) is 4.85. The van der Waals surface area contributed by atoms with Gasteiger partial charge in [0.2, 0.25) is 0 Å². The highest BCUT2D eigenvalue weighted by Gasteiger charge is 2.16. The molecule has 1 aromatic heterocycles. The van der Waals surface area contributed by atoms with Gasteiger partial charge in [-0.2, -0.15) is 0 Å². The van der Waals surface area contributed by atoms with Gasteiger partial charge in [-0.15, -0.1) is 0 Å². The summed E-state index contributed by atoms with van der Waals surface area (Å²) in [6.45, 7) is 5.65. The van der Waals surface area contributed by atoms with Crippen LogP contribution in [0.5, 0.6) is 5.75 Å². The molecule has 0 N–H and O–H groups in total. The largest absolute Gasteiger partial charge is 0.492 e. The highest BCUT2D eigenvalue weighted by Crippen LogP contribution is 2.19. The first-order chi connectivity index (χ1) is 12.8. The zero-order valence-corrected chi connectivity index (χ0v) is 15.4. The van der Waals surface area contributed by atoms with Crippen molar-refractivity contribution in [2.75, 3.05) is 32.9 Å². The van der Waals surface area contributed by atoms with Gasteiger partial charge in [-0.3, -0.25) is 4.90 Å². The van der Waals surface area contributed by atoms with Gasteiger partial charge in [-0.1, -0.05) is 23.7 Å². The molecule has 1 saturated heterocycles. The molecule has 0 atom stereocenters. The second kappa shape index (κ2) is 8.08. The molecular weight excluding hydrogens is 350 g/mol. The van der Waals surface area contributed by atoms with Crippen molar-refractivity contribution in [2.45, 2.75) is 13.1 Å². The van der Waals surface area contributed by atoms with E-state index in [1.54, 1.807) is 0 Å². The Morgan fingerprint density at radius 3 is 2.62 bits per heavy atom. The number of fused-ring (bicyclic) bond motifs is 1. The molecule has 2 heterocycles. The Labute approximate surface area is 158 Å². The topological polar surface area (TPSA) is 39.5 Å². The first-order valence-electron chi connectivity index (χ1n) is 8.92. The molecule has 26 heavy (non-hydrogen) atoms. The van der Waals surface area contributed by atoms with Crippen LogP contribution in [-0.2, 0) is 17.8 Å². The van der Waals surface area contributed by atoms with Crippen LogP contribution in [0.1, 0.15) is 5.82 Å². The van der Waals surface area contributed by atoms with Crippen molar-refractivity contribution in [1.29, 1.82) is 0 Å². The number of nitrogens with zero attached hydrogens (tertiary/aromatic N) is 3. The number of rotatable bonds is 6. The molecule has 1 aliphatic rings. The molecule has 0 saturated carbocycles. The van der Waals surface area contributed by atoms with E-state index in [-0.39, 0.29) is 0 Å². The smallest absolute Gasteiger partial charge is 0.124 e. The molecule has 6 heteroatoms. The van der Waals surface area contributed by atoms with Crippen molar-refractivity contribution >= 4 is 22.6 Å². The predicted molar refractivity (Wildman–Crippen MR) is 103 cm³/mol. The van der Waals surface area contributed by atoms with Gasteiger partial charge in [0.05, 0.1) is 37.3 Å². The van der Waals surface area contributed by atoms with Crippen LogP contribution in [0, 0.1) is 0 Å². The fourth-order valence-electron chi connectivity index (χ4n) is 3.24. The van der Waals surface area contributed by atoms with Crippen LogP contribution in [0.4, 0.5) is 0 Å². The van der Waals surface area contributed by atoms with E-state index in [2.05, 4.69) is 27.7 Å². The van der Waals surface area contributed by atoms with Crippen LogP contribution < -0.4 is 4.74 Å². The van der Waals surface area contributed by atoms with Crippen molar-refractivity contribution in [3.05, 3.63) is 59.4 Å². The van der Waals surface area contributed by atoms with Crippen molar-refractivity contribution in [3.8, 4) is 5.75 Å². The van der Waals surface area contributed by atoms with Crippen LogP contribution in [0.2, 0.25) is 5.02 Å². The van der Waals surface area contributed by atoms with E-state index in [1.165, 1.54) is 0 Å². The van der Waals surface area contributed by atoms with E-state index < -0.39 is 0 Å². The Kier molecular flexibility index (Phi) is 5.39. The molecule has 0 bridgehead atoms. The van der Waals surface area contributed by atoms with Crippen LogP contribution >= 0.6 is 11.6 Å². The maximum atomic E-state index is 5.92. The molecular formula is C20H22ClN3O2. The molecule has 1 aliphatic heterocycles. The van der Waals surface area contributed by atoms with Gasteiger partial charge in [0.25, 0.3) is 0 Å². The summed E-state index contributed by atoms with van der Waals surface area (Å²) in [5, 5.41) is 0.714. The highest BCUT2D eigenvalue weighted by molar-refractivity contribution is 6.30. The highest BCUT2D eigenvalue weighted by atomic mass is 35.5. The summed E-state index contributed by atoms with van der Waals surface area (Å²) in [6, 6.07) is 15.7. The SMILES string of the molecule is Clc1ccc(OCCn2c(CN3CCOCC3)nc3ccccc32)cc1. The number of morpholine rings is 1. The van der Waals surface area contributed by atoms with E-state index in [0.717, 1.165) is 62.0 Å². The van der Waals surface area contributed by atoms with E-state index >= 15 is 0 Å². The fraction of sp³-hybridized carbons (Fsp3) is 0.350. The molecule has 0 unspecified atom stereocenters. The van der Waals surface area contributed by atoms with E-state index in [0.29, 0.717) is 11.6 Å². The predicted octanol–water partition coefficient (Wildman–Crippen LogP) is 3.60. The standard InChI is InChI=1S/C20H22ClN3O2/c21-16-5-7-17(8-6-16)26-14-11-24-19-4-2-1-3-18(19)22-20(24)15-23-9-12-25-13-10-23/h1-8H,9-15H2. The lowest BCUT2D eigenvalue weighted by Crippen LogP contribution is -2.36. The third kappa shape index (κ3) is 4.01. The zero-order chi connectivity index (χ0) is 17.8. The van der Waals surface area contributed by atoms with Crippen LogP contribution in [0.25, 0.3) is 11.0 Å². The normalized spacial score (nSPS) is 15.4. The molecule has 1 fully saturated rings. The third-order valence-electron chi connectivity index (χ3n) is 4.60. The van der Waals surface area contributed by atoms with Crippen LogP contribution in [0.3, 0.4) is 0 Å². The summed E-state index contributed by atoms with van der Waals surface area (Å²) in [5.74, 6) is 1.90. The summed E-state index contributed by atoms with van der Waals surface area (Å²) in [4.78, 5) is 7.24. The number of halogens is 1. The minimum Gasteiger partial charge on any atom is -0.492 e. The lowest BCUT2D eigenvalue weighted by atomic mass is 10.3. The Balaban J connectivity index is 1.50. The molecule has 0 radical (unpaired) electrons. The minimum absolute atomic E-state index is 0.581. The van der Waals surface area contributed by atoms with Crippen molar-refractivity contribution in [2.24, 2.45) is 0 Å². The monoisotopic (exact) mass is 371 g/mol. The number of hydrogen-bond donors (Lipinski definition) is 0. The average Bonchev–Trinajstić information content (AvgIpc) is 3.01. The Morgan fingerprint density at radius 1 is 1.04 bits per heavy atom. The Morgan fingerprint density at radius 2 is 1.81 bits per heavy atom. The molecule has 0 aliphatic carbocycles. The van der Waals surface area contributed by atoms with Crippen LogP contribution in [0.15, 0.2) is 48.5 Å². The number of ether oxygens (including phenoxy) is 2. The fourth-order valence-corrected chi connectivity index (χ4v) is 3.37. The number of aromatic nitrogens is 2. The van der Waals surface area contributed by atoms with Gasteiger partial charge in [0.15, 0.2) is 0 Å². The van der Waals surface area contributed by atoms with Crippen LogP contribution in [-0.4, -0.2) is 47.4 Å². The van der Waals surface area contributed by atoms with Gasteiger partial charge in [-0.05, 0) is 36.4 Å². The first kappa shape index (κ1) is 17.3. The molecule has 2 aromatic carbocycles. The maximum absolute atomic E-state index is 5.92. The molecule has 136 valence electrons. The number of imidazole rings is 1. The van der Waals surface area contributed by atoms with Crippen molar-refractivity contribution in [1.82, 2.24) is 14.5 Å². The molecule has 5 nitrogen and oxygen atoms in total. The van der Waals surface area contributed by atoms with Gasteiger partial charge < -0.3 is 14.0 Å². The summed E-state index contributed by atoms with van der Waals surface area (Å²) >= 11 is 5.92. The Bertz CT molecular complexity index is 857.